The number of nitrogens with zero attached hydrogens (tertiary/aromatic N) is 2. The van der Waals surface area contributed by atoms with Crippen molar-refractivity contribution < 1.29 is 9.90 Å². The van der Waals surface area contributed by atoms with E-state index >= 15 is 0 Å². The van der Waals surface area contributed by atoms with Crippen molar-refractivity contribution in [1.82, 2.24) is 4.98 Å². The molecule has 94 valence electrons. The molecule has 0 aliphatic heterocycles. The lowest BCUT2D eigenvalue weighted by Crippen LogP contribution is -2.07. The van der Waals surface area contributed by atoms with E-state index in [4.69, 9.17) is 5.11 Å². The van der Waals surface area contributed by atoms with Gasteiger partial charge in [0.05, 0.1) is 0 Å². The molecule has 4 nitrogen and oxygen atoms in total. The molecule has 0 spiro atoms. The summed E-state index contributed by atoms with van der Waals surface area (Å²) in [5.74, 6) is -0.972. The van der Waals surface area contributed by atoms with E-state index in [1.165, 1.54) is 11.3 Å². The van der Waals surface area contributed by atoms with E-state index in [0.29, 0.717) is 0 Å². The van der Waals surface area contributed by atoms with Crippen molar-refractivity contribution in [1.29, 1.82) is 0 Å². The van der Waals surface area contributed by atoms with Crippen LogP contribution in [-0.2, 0) is 0 Å². The summed E-state index contributed by atoms with van der Waals surface area (Å²) in [5, 5.41) is 9.73. The number of carboxylic acid groups (broad SMARTS) is 1. The van der Waals surface area contributed by atoms with Gasteiger partial charge in [-0.3, -0.25) is 0 Å². The fourth-order valence-electron chi connectivity index (χ4n) is 1.62. The van der Waals surface area contributed by atoms with Gasteiger partial charge >= 0.3 is 5.97 Å². The normalized spacial score (nSPS) is 10.4. The Kier molecular flexibility index (Phi) is 3.34. The molecule has 18 heavy (non-hydrogen) atoms. The van der Waals surface area contributed by atoms with Gasteiger partial charge in [0.15, 0.2) is 5.69 Å². The van der Waals surface area contributed by atoms with E-state index in [1.54, 1.807) is 6.92 Å². The van der Waals surface area contributed by atoms with Gasteiger partial charge in [0.2, 0.25) is 0 Å². The van der Waals surface area contributed by atoms with Crippen LogP contribution in [0, 0.1) is 6.92 Å². The zero-order valence-corrected chi connectivity index (χ0v) is 11.3. The van der Waals surface area contributed by atoms with Crippen LogP contribution in [0.1, 0.15) is 15.4 Å². The van der Waals surface area contributed by atoms with Crippen molar-refractivity contribution in [3.63, 3.8) is 0 Å². The minimum atomic E-state index is -0.972. The third kappa shape index (κ3) is 2.36. The molecule has 0 saturated carbocycles. The number of hydrogen-bond acceptors (Lipinski definition) is 4. The number of aromatic carboxylic acids is 1. The molecule has 1 heterocycles. The first-order chi connectivity index (χ1) is 8.49. The summed E-state index contributed by atoms with van der Waals surface area (Å²) in [6.07, 6.45) is 0. The van der Waals surface area contributed by atoms with Gasteiger partial charge in [0.25, 0.3) is 0 Å². The smallest absolute Gasteiger partial charge is 0.355 e. The number of benzene rings is 1. The zero-order chi connectivity index (χ0) is 13.3. The Morgan fingerprint density at radius 2 is 1.89 bits per heavy atom. The summed E-state index contributed by atoms with van der Waals surface area (Å²) in [4.78, 5) is 17.9. The molecule has 5 heteroatoms. The third-order valence-electron chi connectivity index (χ3n) is 2.63. The maximum atomic E-state index is 10.9. The van der Waals surface area contributed by atoms with Gasteiger partial charge in [-0.25, -0.2) is 9.78 Å². The van der Waals surface area contributed by atoms with Crippen LogP contribution in [-0.4, -0.2) is 30.2 Å². The van der Waals surface area contributed by atoms with Gasteiger partial charge in [0.1, 0.15) is 5.01 Å². The van der Waals surface area contributed by atoms with E-state index in [2.05, 4.69) is 4.98 Å². The lowest BCUT2D eigenvalue weighted by atomic mass is 10.2. The second kappa shape index (κ2) is 4.78. The van der Waals surface area contributed by atoms with Crippen molar-refractivity contribution in [3.05, 3.63) is 34.8 Å². The third-order valence-corrected chi connectivity index (χ3v) is 3.65. The van der Waals surface area contributed by atoms with E-state index in [-0.39, 0.29) is 5.69 Å². The van der Waals surface area contributed by atoms with Crippen LogP contribution in [0.15, 0.2) is 24.3 Å². The number of hydrogen-bond donors (Lipinski definition) is 1. The number of anilines is 1. The van der Waals surface area contributed by atoms with Gasteiger partial charge in [-0.15, -0.1) is 11.3 Å². The first-order valence-electron chi connectivity index (χ1n) is 5.47. The van der Waals surface area contributed by atoms with E-state index in [1.807, 2.05) is 43.3 Å². The standard InChI is InChI=1S/C13H14N2O2S/c1-8-11(13(16)17)14-12(18-8)9-4-6-10(7-5-9)15(2)3/h4-7H,1-3H3,(H,16,17). The quantitative estimate of drug-likeness (QED) is 0.924. The fraction of sp³-hybridized carbons (Fsp3) is 0.231. The second-order valence-electron chi connectivity index (χ2n) is 4.17. The SMILES string of the molecule is Cc1sc(-c2ccc(N(C)C)cc2)nc1C(=O)O. The topological polar surface area (TPSA) is 53.4 Å². The molecule has 0 aliphatic carbocycles. The van der Waals surface area contributed by atoms with Gasteiger partial charge in [-0.05, 0) is 31.2 Å². The van der Waals surface area contributed by atoms with Crippen LogP contribution in [0.5, 0.6) is 0 Å². The highest BCUT2D eigenvalue weighted by molar-refractivity contribution is 7.15. The summed E-state index contributed by atoms with van der Waals surface area (Å²) in [7, 11) is 3.95. The predicted molar refractivity (Wildman–Crippen MR) is 73.6 cm³/mol. The molecule has 0 saturated heterocycles. The lowest BCUT2D eigenvalue weighted by molar-refractivity contribution is 0.0690. The fourth-order valence-corrected chi connectivity index (χ4v) is 2.53. The molecule has 1 aromatic carbocycles. The Balaban J connectivity index is 2.37. The van der Waals surface area contributed by atoms with Gasteiger partial charge in [-0.2, -0.15) is 0 Å². The van der Waals surface area contributed by atoms with Crippen LogP contribution in [0.2, 0.25) is 0 Å². The van der Waals surface area contributed by atoms with Crippen molar-refractivity contribution in [3.8, 4) is 10.6 Å². The summed E-state index contributed by atoms with van der Waals surface area (Å²) in [6.45, 7) is 1.78. The summed E-state index contributed by atoms with van der Waals surface area (Å²) in [6, 6.07) is 7.90. The van der Waals surface area contributed by atoms with Crippen molar-refractivity contribution in [2.75, 3.05) is 19.0 Å². The van der Waals surface area contributed by atoms with E-state index in [0.717, 1.165) is 21.1 Å². The maximum Gasteiger partial charge on any atom is 0.355 e. The molecule has 0 amide bonds. The Morgan fingerprint density at radius 1 is 1.28 bits per heavy atom. The summed E-state index contributed by atoms with van der Waals surface area (Å²) < 4.78 is 0. The number of rotatable bonds is 3. The molecular weight excluding hydrogens is 248 g/mol. The number of aromatic nitrogens is 1. The molecular formula is C13H14N2O2S. The number of carboxylic acids is 1. The largest absolute Gasteiger partial charge is 0.476 e. The van der Waals surface area contributed by atoms with Crippen LogP contribution in [0.25, 0.3) is 10.6 Å². The van der Waals surface area contributed by atoms with Gasteiger partial charge in [0, 0.05) is 30.2 Å². The van der Waals surface area contributed by atoms with Crippen molar-refractivity contribution in [2.45, 2.75) is 6.92 Å². The Hall–Kier alpha value is -1.88. The Labute approximate surface area is 110 Å². The molecule has 1 N–H and O–H groups in total. The van der Waals surface area contributed by atoms with Crippen molar-refractivity contribution >= 4 is 23.0 Å². The average molecular weight is 262 g/mol. The van der Waals surface area contributed by atoms with Crippen LogP contribution in [0.4, 0.5) is 5.69 Å². The van der Waals surface area contributed by atoms with E-state index < -0.39 is 5.97 Å². The lowest BCUT2D eigenvalue weighted by Gasteiger charge is -2.11. The summed E-state index contributed by atoms with van der Waals surface area (Å²) in [5.41, 5.74) is 2.19. The number of carbonyl (C=O) groups is 1. The molecule has 1 aromatic heterocycles. The second-order valence-corrected chi connectivity index (χ2v) is 5.37. The van der Waals surface area contributed by atoms with Crippen LogP contribution in [0.3, 0.4) is 0 Å². The molecule has 0 aliphatic rings. The molecule has 0 atom stereocenters. The van der Waals surface area contributed by atoms with Crippen LogP contribution >= 0.6 is 11.3 Å². The minimum Gasteiger partial charge on any atom is -0.476 e. The number of thiazole rings is 1. The van der Waals surface area contributed by atoms with Crippen LogP contribution < -0.4 is 4.90 Å². The molecule has 0 bridgehead atoms. The van der Waals surface area contributed by atoms with Gasteiger partial charge in [-0.1, -0.05) is 0 Å². The minimum absolute atomic E-state index is 0.145. The summed E-state index contributed by atoms with van der Waals surface area (Å²) >= 11 is 1.40. The molecule has 0 fully saturated rings. The number of aryl methyl sites for hydroxylation is 1. The first kappa shape index (κ1) is 12.6. The zero-order valence-electron chi connectivity index (χ0n) is 10.5. The molecule has 0 unspecified atom stereocenters. The van der Waals surface area contributed by atoms with Gasteiger partial charge < -0.3 is 10.0 Å². The molecule has 0 radical (unpaired) electrons. The highest BCUT2D eigenvalue weighted by Crippen LogP contribution is 2.28. The van der Waals surface area contributed by atoms with Crippen molar-refractivity contribution in [2.24, 2.45) is 0 Å². The average Bonchev–Trinajstić information content (AvgIpc) is 2.71. The molecule has 2 rings (SSSR count). The molecule has 2 aromatic rings. The Morgan fingerprint density at radius 3 is 2.33 bits per heavy atom. The monoisotopic (exact) mass is 262 g/mol. The highest BCUT2D eigenvalue weighted by Gasteiger charge is 2.14. The maximum absolute atomic E-state index is 10.9. The van der Waals surface area contributed by atoms with E-state index in [9.17, 15) is 4.79 Å². The predicted octanol–water partition coefficient (Wildman–Crippen LogP) is 2.88. The highest BCUT2D eigenvalue weighted by atomic mass is 32.1. The first-order valence-corrected chi connectivity index (χ1v) is 6.29. The Bertz CT molecular complexity index is 573.